The van der Waals surface area contributed by atoms with Gasteiger partial charge in [0.2, 0.25) is 5.91 Å². The number of fused-ring (bicyclic) bond motifs is 1. The highest BCUT2D eigenvalue weighted by Gasteiger charge is 2.15. The number of rotatable bonds is 5. The predicted molar refractivity (Wildman–Crippen MR) is 119 cm³/mol. The van der Waals surface area contributed by atoms with E-state index in [0.717, 1.165) is 22.6 Å². The van der Waals surface area contributed by atoms with Crippen LogP contribution in [0.3, 0.4) is 0 Å². The van der Waals surface area contributed by atoms with Crippen molar-refractivity contribution in [3.05, 3.63) is 94.3 Å². The smallest absolute Gasteiger partial charge is 0.228 e. The molecule has 0 unspecified atom stereocenters. The summed E-state index contributed by atoms with van der Waals surface area (Å²) in [5.41, 5.74) is 4.66. The van der Waals surface area contributed by atoms with E-state index in [1.807, 2.05) is 36.7 Å². The van der Waals surface area contributed by atoms with Crippen molar-refractivity contribution in [2.75, 3.05) is 5.32 Å². The van der Waals surface area contributed by atoms with E-state index in [4.69, 9.17) is 11.6 Å². The summed E-state index contributed by atoms with van der Waals surface area (Å²) < 4.78 is 1.95. The molecule has 0 saturated carbocycles. The van der Waals surface area contributed by atoms with Crippen LogP contribution in [0.15, 0.2) is 66.7 Å². The van der Waals surface area contributed by atoms with Crippen LogP contribution in [-0.4, -0.2) is 15.7 Å². The van der Waals surface area contributed by atoms with Crippen LogP contribution in [0.25, 0.3) is 10.8 Å². The molecular weight excluding hydrogens is 382 g/mol. The number of amides is 1. The lowest BCUT2D eigenvalue weighted by atomic mass is 10.0. The van der Waals surface area contributed by atoms with Crippen molar-refractivity contribution in [3.63, 3.8) is 0 Å². The summed E-state index contributed by atoms with van der Waals surface area (Å²) >= 11 is 5.91. The van der Waals surface area contributed by atoms with Crippen molar-refractivity contribution in [2.45, 2.75) is 26.8 Å². The van der Waals surface area contributed by atoms with Crippen molar-refractivity contribution in [1.29, 1.82) is 0 Å². The molecule has 0 aliphatic rings. The third-order valence-electron chi connectivity index (χ3n) is 5.12. The van der Waals surface area contributed by atoms with Gasteiger partial charge in [-0.1, -0.05) is 66.2 Å². The number of hydrogen-bond acceptors (Lipinski definition) is 2. The maximum absolute atomic E-state index is 12.5. The first-order valence-electron chi connectivity index (χ1n) is 9.56. The van der Waals surface area contributed by atoms with Crippen LogP contribution < -0.4 is 5.32 Å². The molecule has 4 rings (SSSR count). The number of halogens is 1. The lowest BCUT2D eigenvalue weighted by Gasteiger charge is -2.10. The summed E-state index contributed by atoms with van der Waals surface area (Å²) in [6, 6.07) is 22.0. The molecule has 4 nitrogen and oxygen atoms in total. The van der Waals surface area contributed by atoms with Gasteiger partial charge in [0, 0.05) is 5.02 Å². The van der Waals surface area contributed by atoms with Gasteiger partial charge < -0.3 is 5.32 Å². The fourth-order valence-corrected chi connectivity index (χ4v) is 3.72. The molecule has 1 aromatic heterocycles. The molecule has 0 fully saturated rings. The van der Waals surface area contributed by atoms with Crippen LogP contribution in [0.4, 0.5) is 5.69 Å². The molecule has 0 radical (unpaired) electrons. The van der Waals surface area contributed by atoms with E-state index in [1.54, 1.807) is 12.1 Å². The Bertz CT molecular complexity index is 1170. The molecule has 1 N–H and O–H groups in total. The molecule has 1 heterocycles. The average molecular weight is 404 g/mol. The molecule has 1 amide bonds. The Morgan fingerprint density at radius 1 is 1.00 bits per heavy atom. The quantitative estimate of drug-likeness (QED) is 0.475. The van der Waals surface area contributed by atoms with E-state index in [9.17, 15) is 4.79 Å². The zero-order chi connectivity index (χ0) is 20.4. The number of aryl methyl sites for hydroxylation is 1. The van der Waals surface area contributed by atoms with Gasteiger partial charge in [-0.3, -0.25) is 9.48 Å². The second-order valence-electron chi connectivity index (χ2n) is 7.19. The fraction of sp³-hybridized carbons (Fsp3) is 0.167. The number of benzene rings is 3. The highest BCUT2D eigenvalue weighted by Crippen LogP contribution is 2.24. The zero-order valence-corrected chi connectivity index (χ0v) is 17.2. The minimum Gasteiger partial charge on any atom is -0.323 e. The highest BCUT2D eigenvalue weighted by molar-refractivity contribution is 6.30. The Morgan fingerprint density at radius 3 is 2.52 bits per heavy atom. The maximum Gasteiger partial charge on any atom is 0.228 e. The molecule has 0 aliphatic heterocycles. The normalized spacial score (nSPS) is 11.0. The Kier molecular flexibility index (Phi) is 5.36. The summed E-state index contributed by atoms with van der Waals surface area (Å²) in [4.78, 5) is 12.5. The van der Waals surface area contributed by atoms with Gasteiger partial charge in [-0.2, -0.15) is 5.10 Å². The Balaban J connectivity index is 1.54. The molecule has 0 spiro atoms. The largest absolute Gasteiger partial charge is 0.323 e. The molecule has 5 heteroatoms. The Hall–Kier alpha value is -3.11. The fourth-order valence-electron chi connectivity index (χ4n) is 3.59. The van der Waals surface area contributed by atoms with E-state index in [-0.39, 0.29) is 5.91 Å². The van der Waals surface area contributed by atoms with Gasteiger partial charge in [-0.05, 0) is 47.9 Å². The lowest BCUT2D eigenvalue weighted by Crippen LogP contribution is -2.15. The molecular formula is C24H22ClN3O. The van der Waals surface area contributed by atoms with Crippen molar-refractivity contribution >= 4 is 34.0 Å². The number of carbonyl (C=O) groups excluding carboxylic acids is 1. The Labute approximate surface area is 175 Å². The number of aromatic nitrogens is 2. The van der Waals surface area contributed by atoms with Crippen molar-refractivity contribution in [2.24, 2.45) is 0 Å². The summed E-state index contributed by atoms with van der Waals surface area (Å²) in [6.45, 7) is 4.56. The second kappa shape index (κ2) is 8.10. The van der Waals surface area contributed by atoms with Crippen LogP contribution in [0.5, 0.6) is 0 Å². The van der Waals surface area contributed by atoms with Gasteiger partial charge in [0.15, 0.2) is 0 Å². The van der Waals surface area contributed by atoms with E-state index >= 15 is 0 Å². The van der Waals surface area contributed by atoms with Gasteiger partial charge in [0.1, 0.15) is 0 Å². The molecule has 4 aromatic rings. The average Bonchev–Trinajstić information content (AvgIpc) is 2.97. The van der Waals surface area contributed by atoms with Gasteiger partial charge in [0.25, 0.3) is 0 Å². The second-order valence-corrected chi connectivity index (χ2v) is 7.63. The first-order chi connectivity index (χ1) is 14.0. The molecule has 0 bridgehead atoms. The lowest BCUT2D eigenvalue weighted by molar-refractivity contribution is -0.115. The number of nitrogens with one attached hydrogen (secondary N) is 1. The summed E-state index contributed by atoms with van der Waals surface area (Å²) in [5, 5.41) is 10.8. The summed E-state index contributed by atoms with van der Waals surface area (Å²) in [7, 11) is 0. The van der Waals surface area contributed by atoms with Crippen molar-refractivity contribution < 1.29 is 4.79 Å². The third kappa shape index (κ3) is 4.17. The SMILES string of the molecule is Cc1nn(Cc2cccc3ccccc23)c(C)c1NC(=O)Cc1ccc(Cl)cc1. The van der Waals surface area contributed by atoms with E-state index in [1.165, 1.54) is 16.3 Å². The zero-order valence-electron chi connectivity index (χ0n) is 16.4. The van der Waals surface area contributed by atoms with Crippen molar-refractivity contribution in [3.8, 4) is 0 Å². The van der Waals surface area contributed by atoms with Gasteiger partial charge in [0.05, 0.1) is 30.0 Å². The van der Waals surface area contributed by atoms with E-state index < -0.39 is 0 Å². The molecule has 146 valence electrons. The van der Waals surface area contributed by atoms with Gasteiger partial charge in [-0.15, -0.1) is 0 Å². The number of carbonyl (C=O) groups is 1. The molecule has 0 aliphatic carbocycles. The minimum atomic E-state index is -0.0665. The summed E-state index contributed by atoms with van der Waals surface area (Å²) in [5.74, 6) is -0.0665. The first-order valence-corrected chi connectivity index (χ1v) is 9.94. The molecule has 0 atom stereocenters. The van der Waals surface area contributed by atoms with E-state index in [0.29, 0.717) is 18.0 Å². The van der Waals surface area contributed by atoms with Gasteiger partial charge in [-0.25, -0.2) is 0 Å². The number of anilines is 1. The topological polar surface area (TPSA) is 46.9 Å². The third-order valence-corrected chi connectivity index (χ3v) is 5.38. The molecule has 0 saturated heterocycles. The predicted octanol–water partition coefficient (Wildman–Crippen LogP) is 5.54. The maximum atomic E-state index is 12.5. The number of nitrogens with zero attached hydrogens (tertiary/aromatic N) is 2. The molecule has 3 aromatic carbocycles. The van der Waals surface area contributed by atoms with Crippen LogP contribution in [-0.2, 0) is 17.8 Å². The summed E-state index contributed by atoms with van der Waals surface area (Å²) in [6.07, 6.45) is 0.296. The van der Waals surface area contributed by atoms with Crippen LogP contribution in [0.2, 0.25) is 5.02 Å². The van der Waals surface area contributed by atoms with Crippen molar-refractivity contribution in [1.82, 2.24) is 9.78 Å². The van der Waals surface area contributed by atoms with Crippen LogP contribution >= 0.6 is 11.6 Å². The highest BCUT2D eigenvalue weighted by atomic mass is 35.5. The molecule has 29 heavy (non-hydrogen) atoms. The standard InChI is InChI=1S/C24H22ClN3O/c1-16-24(26-23(29)14-18-10-12-21(25)13-11-18)17(2)28(27-16)15-20-8-5-7-19-6-3-4-9-22(19)20/h3-13H,14-15H2,1-2H3,(H,26,29). The monoisotopic (exact) mass is 403 g/mol. The number of hydrogen-bond donors (Lipinski definition) is 1. The van der Waals surface area contributed by atoms with E-state index in [2.05, 4.69) is 46.8 Å². The first kappa shape index (κ1) is 19.2. The minimum absolute atomic E-state index is 0.0665. The van der Waals surface area contributed by atoms with Gasteiger partial charge >= 0.3 is 0 Å². The van der Waals surface area contributed by atoms with Crippen LogP contribution in [0, 0.1) is 13.8 Å². The van der Waals surface area contributed by atoms with Crippen LogP contribution in [0.1, 0.15) is 22.5 Å². The Morgan fingerprint density at radius 2 is 1.72 bits per heavy atom.